The van der Waals surface area contributed by atoms with Gasteiger partial charge in [0, 0.05) is 0 Å². The van der Waals surface area contributed by atoms with Crippen LogP contribution in [0.25, 0.3) is 0 Å². The molecule has 0 heterocycles. The summed E-state index contributed by atoms with van der Waals surface area (Å²) in [5.41, 5.74) is 1.96. The Bertz CT molecular complexity index is 716. The van der Waals surface area contributed by atoms with Gasteiger partial charge in [0.25, 0.3) is 5.91 Å². The average Bonchev–Trinajstić information content (AvgIpc) is 2.72. The van der Waals surface area contributed by atoms with Crippen LogP contribution in [-0.4, -0.2) is 18.5 Å². The van der Waals surface area contributed by atoms with Crippen molar-refractivity contribution in [1.29, 1.82) is 0 Å². The first-order valence-electron chi connectivity index (χ1n) is 8.95. The quantitative estimate of drug-likeness (QED) is 0.638. The summed E-state index contributed by atoms with van der Waals surface area (Å²) in [7, 11) is 0. The maximum absolute atomic E-state index is 12.4. The van der Waals surface area contributed by atoms with Crippen LogP contribution < -0.4 is 5.32 Å². The number of ether oxygens (including phenoxy) is 1. The van der Waals surface area contributed by atoms with Crippen LogP contribution in [0, 0.1) is 5.92 Å². The van der Waals surface area contributed by atoms with E-state index in [4.69, 9.17) is 4.74 Å². The molecule has 1 amide bonds. The number of carbonyl (C=O) groups excluding carboxylic acids is 2. The van der Waals surface area contributed by atoms with Gasteiger partial charge in [-0.1, -0.05) is 72.8 Å². The largest absolute Gasteiger partial charge is 0.455 e. The molecule has 2 aromatic carbocycles. The zero-order valence-corrected chi connectivity index (χ0v) is 14.6. The highest BCUT2D eigenvalue weighted by Gasteiger charge is 2.22. The molecule has 3 rings (SSSR count). The third-order valence-corrected chi connectivity index (χ3v) is 4.52. The van der Waals surface area contributed by atoms with E-state index in [9.17, 15) is 9.59 Å². The van der Waals surface area contributed by atoms with Crippen molar-refractivity contribution in [2.75, 3.05) is 6.61 Å². The molecule has 0 saturated carbocycles. The van der Waals surface area contributed by atoms with Gasteiger partial charge >= 0.3 is 5.97 Å². The molecule has 0 aliphatic heterocycles. The van der Waals surface area contributed by atoms with Crippen LogP contribution in [0.1, 0.15) is 36.4 Å². The van der Waals surface area contributed by atoms with E-state index in [-0.39, 0.29) is 30.4 Å². The maximum atomic E-state index is 12.4. The van der Waals surface area contributed by atoms with E-state index in [0.29, 0.717) is 6.42 Å². The number of nitrogens with one attached hydrogen (secondary N) is 1. The molecule has 0 bridgehead atoms. The minimum absolute atomic E-state index is 0.133. The lowest BCUT2D eigenvalue weighted by molar-refractivity contribution is -0.153. The van der Waals surface area contributed by atoms with Crippen LogP contribution in [0.15, 0.2) is 72.8 Å². The number of esters is 1. The van der Waals surface area contributed by atoms with Gasteiger partial charge in [0.15, 0.2) is 6.61 Å². The molecule has 0 radical (unpaired) electrons. The van der Waals surface area contributed by atoms with E-state index in [0.717, 1.165) is 24.0 Å². The van der Waals surface area contributed by atoms with Gasteiger partial charge in [-0.05, 0) is 30.4 Å². The zero-order chi connectivity index (χ0) is 18.2. The second-order valence-electron chi connectivity index (χ2n) is 6.41. The van der Waals surface area contributed by atoms with Gasteiger partial charge in [-0.3, -0.25) is 9.59 Å². The number of allylic oxidation sites excluding steroid dienone is 2. The van der Waals surface area contributed by atoms with Crippen molar-refractivity contribution >= 4 is 11.9 Å². The average molecular weight is 349 g/mol. The van der Waals surface area contributed by atoms with Gasteiger partial charge < -0.3 is 10.1 Å². The molecule has 0 unspecified atom stereocenters. The Morgan fingerprint density at radius 2 is 1.58 bits per heavy atom. The molecule has 0 spiro atoms. The first-order valence-corrected chi connectivity index (χ1v) is 8.95. The Balaban J connectivity index is 1.62. The van der Waals surface area contributed by atoms with Crippen LogP contribution in [0.4, 0.5) is 0 Å². The number of hydrogen-bond donors (Lipinski definition) is 1. The van der Waals surface area contributed by atoms with E-state index >= 15 is 0 Å². The summed E-state index contributed by atoms with van der Waals surface area (Å²) in [5, 5.41) is 2.98. The van der Waals surface area contributed by atoms with Gasteiger partial charge in [0.1, 0.15) is 0 Å². The minimum Gasteiger partial charge on any atom is -0.455 e. The number of benzene rings is 2. The molecule has 2 aromatic rings. The van der Waals surface area contributed by atoms with Crippen molar-refractivity contribution in [3.05, 3.63) is 83.9 Å². The summed E-state index contributed by atoms with van der Waals surface area (Å²) in [6.45, 7) is -0.255. The summed E-state index contributed by atoms with van der Waals surface area (Å²) < 4.78 is 5.23. The maximum Gasteiger partial charge on any atom is 0.309 e. The minimum atomic E-state index is -0.303. The molecule has 1 atom stereocenters. The lowest BCUT2D eigenvalue weighted by Crippen LogP contribution is -2.34. The first kappa shape index (κ1) is 17.9. The smallest absolute Gasteiger partial charge is 0.309 e. The monoisotopic (exact) mass is 349 g/mol. The summed E-state index contributed by atoms with van der Waals surface area (Å²) in [4.78, 5) is 24.5. The molecule has 26 heavy (non-hydrogen) atoms. The normalized spacial score (nSPS) is 16.3. The number of hydrogen-bond acceptors (Lipinski definition) is 3. The van der Waals surface area contributed by atoms with Crippen molar-refractivity contribution in [2.24, 2.45) is 5.92 Å². The third kappa shape index (κ3) is 4.82. The van der Waals surface area contributed by atoms with E-state index in [1.54, 1.807) is 0 Å². The highest BCUT2D eigenvalue weighted by molar-refractivity contribution is 5.82. The van der Waals surface area contributed by atoms with E-state index in [1.165, 1.54) is 0 Å². The molecule has 1 aliphatic carbocycles. The predicted molar refractivity (Wildman–Crippen MR) is 100 cm³/mol. The molecular weight excluding hydrogens is 326 g/mol. The van der Waals surface area contributed by atoms with E-state index in [2.05, 4.69) is 11.4 Å². The molecular formula is C22H23NO3. The summed E-state index contributed by atoms with van der Waals surface area (Å²) in [6, 6.07) is 19.2. The van der Waals surface area contributed by atoms with Crippen molar-refractivity contribution in [2.45, 2.75) is 25.3 Å². The summed E-state index contributed by atoms with van der Waals surface area (Å²) >= 11 is 0. The van der Waals surface area contributed by atoms with Gasteiger partial charge in [0.05, 0.1) is 12.0 Å². The van der Waals surface area contributed by atoms with Crippen LogP contribution in [0.3, 0.4) is 0 Å². The Hall–Kier alpha value is -2.88. The fourth-order valence-corrected chi connectivity index (χ4v) is 3.11. The fraction of sp³-hybridized carbons (Fsp3) is 0.273. The SMILES string of the molecule is O=C(COC(=O)[C@H]1CC=CCC1)NC(c1ccccc1)c1ccccc1. The number of carbonyl (C=O) groups is 2. The van der Waals surface area contributed by atoms with Crippen LogP contribution in [0.2, 0.25) is 0 Å². The van der Waals surface area contributed by atoms with Gasteiger partial charge in [-0.15, -0.1) is 0 Å². The molecule has 134 valence electrons. The van der Waals surface area contributed by atoms with E-state index in [1.807, 2.05) is 66.7 Å². The Morgan fingerprint density at radius 1 is 0.962 bits per heavy atom. The zero-order valence-electron chi connectivity index (χ0n) is 14.6. The topological polar surface area (TPSA) is 55.4 Å². The highest BCUT2D eigenvalue weighted by Crippen LogP contribution is 2.22. The Labute approximate surface area is 153 Å². The summed E-state index contributed by atoms with van der Waals surface area (Å²) in [6.07, 6.45) is 6.43. The lowest BCUT2D eigenvalue weighted by atomic mass is 9.95. The van der Waals surface area contributed by atoms with Crippen LogP contribution in [-0.2, 0) is 14.3 Å². The standard InChI is InChI=1S/C22H23NO3/c24-20(16-26-22(25)19-14-8-3-9-15-19)23-21(17-10-4-1-5-11-17)18-12-6-2-7-13-18/h1-8,10-13,19,21H,9,14-16H2,(H,23,24)/t19-/m0/s1. The third-order valence-electron chi connectivity index (χ3n) is 4.52. The van der Waals surface area contributed by atoms with Crippen LogP contribution in [0.5, 0.6) is 0 Å². The number of rotatable bonds is 6. The second kappa shape index (κ2) is 8.99. The van der Waals surface area contributed by atoms with Gasteiger partial charge in [-0.25, -0.2) is 0 Å². The molecule has 0 saturated heterocycles. The molecule has 0 fully saturated rings. The first-order chi connectivity index (χ1) is 12.7. The van der Waals surface area contributed by atoms with Gasteiger partial charge in [-0.2, -0.15) is 0 Å². The highest BCUT2D eigenvalue weighted by atomic mass is 16.5. The predicted octanol–water partition coefficient (Wildman–Crippen LogP) is 3.79. The van der Waals surface area contributed by atoms with Crippen molar-refractivity contribution in [3.8, 4) is 0 Å². The Morgan fingerprint density at radius 3 is 2.12 bits per heavy atom. The van der Waals surface area contributed by atoms with E-state index < -0.39 is 0 Å². The molecule has 0 aromatic heterocycles. The fourth-order valence-electron chi connectivity index (χ4n) is 3.11. The molecule has 1 N–H and O–H groups in total. The van der Waals surface area contributed by atoms with Gasteiger partial charge in [0.2, 0.25) is 0 Å². The van der Waals surface area contributed by atoms with Crippen molar-refractivity contribution < 1.29 is 14.3 Å². The second-order valence-corrected chi connectivity index (χ2v) is 6.41. The Kier molecular flexibility index (Phi) is 6.20. The number of amides is 1. The lowest BCUT2D eigenvalue weighted by Gasteiger charge is -2.20. The molecule has 1 aliphatic rings. The molecule has 4 nitrogen and oxygen atoms in total. The van der Waals surface area contributed by atoms with Crippen molar-refractivity contribution in [1.82, 2.24) is 5.32 Å². The summed E-state index contributed by atoms with van der Waals surface area (Å²) in [5.74, 6) is -0.727. The molecule has 4 heteroatoms. The van der Waals surface area contributed by atoms with Crippen LogP contribution >= 0.6 is 0 Å². The van der Waals surface area contributed by atoms with Crippen molar-refractivity contribution in [3.63, 3.8) is 0 Å².